The predicted octanol–water partition coefficient (Wildman–Crippen LogP) is 3.34. The summed E-state index contributed by atoms with van der Waals surface area (Å²) in [6.07, 6.45) is 1.56. The van der Waals surface area contributed by atoms with E-state index in [0.717, 1.165) is 38.9 Å². The van der Waals surface area contributed by atoms with E-state index in [4.69, 9.17) is 5.11 Å². The Labute approximate surface area is 135 Å². The molecule has 0 saturated heterocycles. The zero-order valence-electron chi connectivity index (χ0n) is 12.9. The molecule has 112 valence electrons. The second kappa shape index (κ2) is 6.43. The maximum atomic E-state index is 8.89. The van der Waals surface area contributed by atoms with E-state index >= 15 is 0 Å². The summed E-state index contributed by atoms with van der Waals surface area (Å²) in [7, 11) is 0. The Hall–Kier alpha value is -2.96. The average molecular weight is 300 g/mol. The Kier molecular flexibility index (Phi) is 4.18. The van der Waals surface area contributed by atoms with Gasteiger partial charge in [-0.05, 0) is 30.2 Å². The molecule has 23 heavy (non-hydrogen) atoms. The van der Waals surface area contributed by atoms with Crippen LogP contribution < -0.4 is 0 Å². The first kappa shape index (κ1) is 15.0. The fourth-order valence-corrected chi connectivity index (χ4v) is 2.46. The summed E-state index contributed by atoms with van der Waals surface area (Å²) in [6.45, 7) is 6.05. The van der Waals surface area contributed by atoms with Crippen molar-refractivity contribution in [3.8, 4) is 11.8 Å². The zero-order chi connectivity index (χ0) is 16.2. The highest BCUT2D eigenvalue weighted by Crippen LogP contribution is 2.27. The van der Waals surface area contributed by atoms with Crippen LogP contribution >= 0.6 is 0 Å². The number of hydrogen-bond donors (Lipinski definition) is 1. The summed E-state index contributed by atoms with van der Waals surface area (Å²) in [6, 6.07) is 13.9. The van der Waals surface area contributed by atoms with Gasteiger partial charge in [-0.3, -0.25) is 0 Å². The number of aryl methyl sites for hydroxylation is 1. The summed E-state index contributed by atoms with van der Waals surface area (Å²) in [5, 5.41) is 9.86. The van der Waals surface area contributed by atoms with Crippen molar-refractivity contribution in [1.29, 1.82) is 0 Å². The van der Waals surface area contributed by atoms with Gasteiger partial charge >= 0.3 is 0 Å². The van der Waals surface area contributed by atoms with Gasteiger partial charge < -0.3 is 5.11 Å². The fourth-order valence-electron chi connectivity index (χ4n) is 2.46. The number of rotatable bonds is 2. The predicted molar refractivity (Wildman–Crippen MR) is 92.8 cm³/mol. The van der Waals surface area contributed by atoms with Crippen LogP contribution in [-0.2, 0) is 0 Å². The molecule has 1 N–H and O–H groups in total. The van der Waals surface area contributed by atoms with Gasteiger partial charge in [-0.1, -0.05) is 48.8 Å². The van der Waals surface area contributed by atoms with Gasteiger partial charge in [0.2, 0.25) is 0 Å². The SMILES string of the molecule is C=C(c1ccc(C)c(C#CCO)c1)c1ncnc2ccccc12. The fraction of sp³-hybridized carbons (Fsp3) is 0.100. The van der Waals surface area contributed by atoms with Crippen molar-refractivity contribution in [2.45, 2.75) is 6.92 Å². The van der Waals surface area contributed by atoms with Crippen LogP contribution in [0.1, 0.15) is 22.4 Å². The molecule has 0 fully saturated rings. The molecule has 0 amide bonds. The topological polar surface area (TPSA) is 46.0 Å². The molecule has 0 aliphatic carbocycles. The number of fused-ring (bicyclic) bond motifs is 1. The van der Waals surface area contributed by atoms with Gasteiger partial charge in [0.15, 0.2) is 0 Å². The summed E-state index contributed by atoms with van der Waals surface area (Å²) in [4.78, 5) is 8.70. The molecular weight excluding hydrogens is 284 g/mol. The van der Waals surface area contributed by atoms with Crippen LogP contribution in [0.25, 0.3) is 16.5 Å². The van der Waals surface area contributed by atoms with Crippen molar-refractivity contribution in [2.75, 3.05) is 6.61 Å². The second-order valence-corrected chi connectivity index (χ2v) is 5.21. The highest BCUT2D eigenvalue weighted by molar-refractivity contribution is 5.93. The minimum atomic E-state index is -0.152. The molecular formula is C20H16N2O. The normalized spacial score (nSPS) is 10.2. The van der Waals surface area contributed by atoms with Crippen molar-refractivity contribution in [3.63, 3.8) is 0 Å². The van der Waals surface area contributed by atoms with E-state index in [2.05, 4.69) is 28.4 Å². The third-order valence-electron chi connectivity index (χ3n) is 3.72. The molecule has 0 saturated carbocycles. The number of hydrogen-bond acceptors (Lipinski definition) is 3. The third kappa shape index (κ3) is 2.98. The Balaban J connectivity index is 2.09. The summed E-state index contributed by atoms with van der Waals surface area (Å²) >= 11 is 0. The minimum absolute atomic E-state index is 0.152. The van der Waals surface area contributed by atoms with E-state index in [1.54, 1.807) is 6.33 Å². The Morgan fingerprint density at radius 1 is 1.17 bits per heavy atom. The second-order valence-electron chi connectivity index (χ2n) is 5.21. The number of para-hydroxylation sites is 1. The van der Waals surface area contributed by atoms with Crippen molar-refractivity contribution >= 4 is 16.5 Å². The summed E-state index contributed by atoms with van der Waals surface area (Å²) in [5.41, 5.74) is 5.45. The van der Waals surface area contributed by atoms with Gasteiger partial charge in [0, 0.05) is 16.5 Å². The molecule has 0 aliphatic rings. The number of aliphatic hydroxyl groups is 1. The number of aliphatic hydroxyl groups excluding tert-OH is 1. The number of benzene rings is 2. The molecule has 3 rings (SSSR count). The first-order valence-electron chi connectivity index (χ1n) is 7.30. The van der Waals surface area contributed by atoms with Crippen molar-refractivity contribution in [3.05, 3.63) is 77.8 Å². The summed E-state index contributed by atoms with van der Waals surface area (Å²) < 4.78 is 0. The van der Waals surface area contributed by atoms with Crippen LogP contribution in [0, 0.1) is 18.8 Å². The van der Waals surface area contributed by atoms with Crippen LogP contribution in [-0.4, -0.2) is 21.7 Å². The van der Waals surface area contributed by atoms with Crippen LogP contribution in [0.3, 0.4) is 0 Å². The lowest BCUT2D eigenvalue weighted by molar-refractivity contribution is 0.350. The number of aromatic nitrogens is 2. The summed E-state index contributed by atoms with van der Waals surface area (Å²) in [5.74, 6) is 5.66. The zero-order valence-corrected chi connectivity index (χ0v) is 12.9. The van der Waals surface area contributed by atoms with Crippen LogP contribution in [0.2, 0.25) is 0 Å². The molecule has 1 aromatic heterocycles. The maximum Gasteiger partial charge on any atom is 0.116 e. The van der Waals surface area contributed by atoms with Gasteiger partial charge in [0.1, 0.15) is 12.9 Å². The van der Waals surface area contributed by atoms with E-state index in [0.29, 0.717) is 0 Å². The molecule has 0 radical (unpaired) electrons. The first-order chi connectivity index (χ1) is 11.2. The van der Waals surface area contributed by atoms with Gasteiger partial charge in [-0.2, -0.15) is 0 Å². The lowest BCUT2D eigenvalue weighted by Gasteiger charge is -2.10. The highest BCUT2D eigenvalue weighted by atomic mass is 16.2. The van der Waals surface area contributed by atoms with Gasteiger partial charge in [0.05, 0.1) is 11.2 Å². The van der Waals surface area contributed by atoms with E-state index in [9.17, 15) is 0 Å². The molecule has 2 aromatic carbocycles. The molecule has 0 spiro atoms. The van der Waals surface area contributed by atoms with Crippen LogP contribution in [0.15, 0.2) is 55.4 Å². The quantitative estimate of drug-likeness (QED) is 0.738. The van der Waals surface area contributed by atoms with Gasteiger partial charge in [0.25, 0.3) is 0 Å². The van der Waals surface area contributed by atoms with E-state index < -0.39 is 0 Å². The molecule has 3 aromatic rings. The van der Waals surface area contributed by atoms with E-state index in [1.165, 1.54) is 0 Å². The van der Waals surface area contributed by atoms with E-state index in [1.807, 2.05) is 49.4 Å². The van der Waals surface area contributed by atoms with Crippen molar-refractivity contribution < 1.29 is 5.11 Å². The molecule has 1 heterocycles. The highest BCUT2D eigenvalue weighted by Gasteiger charge is 2.10. The average Bonchev–Trinajstić information content (AvgIpc) is 2.60. The Morgan fingerprint density at radius 2 is 2.00 bits per heavy atom. The largest absolute Gasteiger partial charge is 0.384 e. The van der Waals surface area contributed by atoms with Crippen LogP contribution in [0.5, 0.6) is 0 Å². The first-order valence-corrected chi connectivity index (χ1v) is 7.30. The molecule has 0 atom stereocenters. The number of nitrogens with zero attached hydrogens (tertiary/aromatic N) is 2. The Morgan fingerprint density at radius 3 is 2.83 bits per heavy atom. The van der Waals surface area contributed by atoms with Gasteiger partial charge in [-0.15, -0.1) is 0 Å². The lowest BCUT2D eigenvalue weighted by atomic mass is 9.97. The standard InChI is InChI=1S/C20H16N2O/c1-14-9-10-17(12-16(14)6-5-11-23)15(2)20-18-7-3-4-8-19(18)21-13-22-20/h3-4,7-10,12-13,23H,2,11H2,1H3. The third-order valence-corrected chi connectivity index (χ3v) is 3.72. The Bertz CT molecular complexity index is 943. The maximum absolute atomic E-state index is 8.89. The van der Waals surface area contributed by atoms with Gasteiger partial charge in [-0.25, -0.2) is 9.97 Å². The van der Waals surface area contributed by atoms with Crippen molar-refractivity contribution in [1.82, 2.24) is 9.97 Å². The molecule has 0 bridgehead atoms. The lowest BCUT2D eigenvalue weighted by Crippen LogP contribution is -1.95. The molecule has 0 aliphatic heterocycles. The van der Waals surface area contributed by atoms with E-state index in [-0.39, 0.29) is 6.61 Å². The monoisotopic (exact) mass is 300 g/mol. The molecule has 0 unspecified atom stereocenters. The molecule has 3 heteroatoms. The molecule has 3 nitrogen and oxygen atoms in total. The smallest absolute Gasteiger partial charge is 0.116 e. The minimum Gasteiger partial charge on any atom is -0.384 e. The van der Waals surface area contributed by atoms with Crippen molar-refractivity contribution in [2.24, 2.45) is 0 Å². The van der Waals surface area contributed by atoms with Crippen LogP contribution in [0.4, 0.5) is 0 Å².